The second-order valence-electron chi connectivity index (χ2n) is 5.59. The first-order chi connectivity index (χ1) is 11.5. The van der Waals surface area contributed by atoms with Crippen molar-refractivity contribution in [3.8, 4) is 17.2 Å². The van der Waals surface area contributed by atoms with E-state index in [0.717, 1.165) is 25.7 Å². The Labute approximate surface area is 140 Å². The van der Waals surface area contributed by atoms with E-state index in [1.807, 2.05) is 0 Å². The van der Waals surface area contributed by atoms with Gasteiger partial charge in [0.15, 0.2) is 23.1 Å². The summed E-state index contributed by atoms with van der Waals surface area (Å²) in [5.74, 6) is -2.19. The van der Waals surface area contributed by atoms with Crippen molar-refractivity contribution < 1.29 is 24.1 Å². The molecule has 0 bridgehead atoms. The normalized spacial score (nSPS) is 10.6. The number of phenols is 2. The molecule has 2 rings (SSSR count). The number of ether oxygens (including phenoxy) is 1. The number of benzene rings is 2. The number of carbonyl (C=O) groups excluding carboxylic acids is 1. The molecule has 0 unspecified atom stereocenters. The Morgan fingerprint density at radius 2 is 1.83 bits per heavy atom. The van der Waals surface area contributed by atoms with Gasteiger partial charge in [-0.3, -0.25) is 0 Å². The summed E-state index contributed by atoms with van der Waals surface area (Å²) in [5, 5.41) is 19.8. The molecule has 5 heteroatoms. The number of hydrogen-bond acceptors (Lipinski definition) is 4. The van der Waals surface area contributed by atoms with E-state index in [0.29, 0.717) is 12.0 Å². The topological polar surface area (TPSA) is 66.8 Å². The average Bonchev–Trinajstić information content (AvgIpc) is 2.57. The van der Waals surface area contributed by atoms with Crippen LogP contribution in [0.1, 0.15) is 48.5 Å². The molecule has 0 fully saturated rings. The summed E-state index contributed by atoms with van der Waals surface area (Å²) in [6, 6.07) is 8.22. The molecular weight excluding hydrogens is 311 g/mol. The lowest BCUT2D eigenvalue weighted by atomic mass is 9.99. The second kappa shape index (κ2) is 8.34. The SMILES string of the molecule is CCCCCCc1c(C(=O)Oc2ccccc2F)ccc(O)c1O. The van der Waals surface area contributed by atoms with E-state index in [9.17, 15) is 19.4 Å². The van der Waals surface area contributed by atoms with E-state index in [1.165, 1.54) is 30.3 Å². The zero-order chi connectivity index (χ0) is 17.5. The van der Waals surface area contributed by atoms with Crippen LogP contribution in [0.15, 0.2) is 36.4 Å². The van der Waals surface area contributed by atoms with Crippen molar-refractivity contribution in [1.82, 2.24) is 0 Å². The highest BCUT2D eigenvalue weighted by Gasteiger charge is 2.20. The number of unbranched alkanes of at least 4 members (excludes halogenated alkanes) is 3. The summed E-state index contributed by atoms with van der Waals surface area (Å²) >= 11 is 0. The molecule has 0 aliphatic carbocycles. The largest absolute Gasteiger partial charge is 0.504 e. The first-order valence-corrected chi connectivity index (χ1v) is 8.05. The van der Waals surface area contributed by atoms with Crippen LogP contribution in [-0.2, 0) is 6.42 Å². The number of esters is 1. The Bertz CT molecular complexity index is 713. The van der Waals surface area contributed by atoms with E-state index >= 15 is 0 Å². The molecule has 2 N–H and O–H groups in total. The van der Waals surface area contributed by atoms with Crippen LogP contribution in [0.4, 0.5) is 4.39 Å². The maximum Gasteiger partial charge on any atom is 0.344 e. The predicted octanol–water partition coefficient (Wildman–Crippen LogP) is 4.58. The monoisotopic (exact) mass is 332 g/mol. The van der Waals surface area contributed by atoms with E-state index in [1.54, 1.807) is 6.07 Å². The van der Waals surface area contributed by atoms with Crippen LogP contribution < -0.4 is 4.74 Å². The first kappa shape index (κ1) is 17.8. The fraction of sp³-hybridized carbons (Fsp3) is 0.316. The molecule has 2 aromatic carbocycles. The van der Waals surface area contributed by atoms with Crippen LogP contribution in [0.3, 0.4) is 0 Å². The summed E-state index contributed by atoms with van der Waals surface area (Å²) in [7, 11) is 0. The highest BCUT2D eigenvalue weighted by molar-refractivity contribution is 5.93. The zero-order valence-electron chi connectivity index (χ0n) is 13.6. The van der Waals surface area contributed by atoms with Crippen molar-refractivity contribution >= 4 is 5.97 Å². The molecule has 2 aromatic rings. The molecule has 0 heterocycles. The van der Waals surface area contributed by atoms with Crippen molar-refractivity contribution in [1.29, 1.82) is 0 Å². The minimum Gasteiger partial charge on any atom is -0.504 e. The molecular formula is C19H21FO4. The van der Waals surface area contributed by atoms with E-state index in [2.05, 4.69) is 6.92 Å². The second-order valence-corrected chi connectivity index (χ2v) is 5.59. The Morgan fingerprint density at radius 3 is 2.54 bits per heavy atom. The van der Waals surface area contributed by atoms with Crippen LogP contribution in [0.2, 0.25) is 0 Å². The maximum atomic E-state index is 13.6. The van der Waals surface area contributed by atoms with Gasteiger partial charge in [0.1, 0.15) is 0 Å². The Kier molecular flexibility index (Phi) is 6.18. The third-order valence-corrected chi connectivity index (χ3v) is 3.80. The molecule has 4 nitrogen and oxygen atoms in total. The van der Waals surface area contributed by atoms with Gasteiger partial charge in [-0.15, -0.1) is 0 Å². The van der Waals surface area contributed by atoms with Crippen molar-refractivity contribution in [3.05, 3.63) is 53.3 Å². The fourth-order valence-corrected chi connectivity index (χ4v) is 2.48. The molecule has 128 valence electrons. The van der Waals surface area contributed by atoms with Gasteiger partial charge in [-0.25, -0.2) is 9.18 Å². The molecule has 0 amide bonds. The predicted molar refractivity (Wildman–Crippen MR) is 89.0 cm³/mol. The van der Waals surface area contributed by atoms with Gasteiger partial charge in [0.05, 0.1) is 5.56 Å². The quantitative estimate of drug-likeness (QED) is 0.337. The van der Waals surface area contributed by atoms with Crippen molar-refractivity contribution in [2.24, 2.45) is 0 Å². The Morgan fingerprint density at radius 1 is 1.08 bits per heavy atom. The third kappa shape index (κ3) is 4.25. The van der Waals surface area contributed by atoms with Crippen molar-refractivity contribution in [2.75, 3.05) is 0 Å². The van der Waals surface area contributed by atoms with Crippen LogP contribution >= 0.6 is 0 Å². The first-order valence-electron chi connectivity index (χ1n) is 8.05. The number of phenolic OH excluding ortho intramolecular Hbond substituents is 2. The number of rotatable bonds is 7. The van der Waals surface area contributed by atoms with Crippen molar-refractivity contribution in [2.45, 2.75) is 39.0 Å². The number of para-hydroxylation sites is 1. The fourth-order valence-electron chi connectivity index (χ4n) is 2.48. The summed E-state index contributed by atoms with van der Waals surface area (Å²) < 4.78 is 18.7. The smallest absolute Gasteiger partial charge is 0.344 e. The highest BCUT2D eigenvalue weighted by atomic mass is 19.1. The summed E-state index contributed by atoms with van der Waals surface area (Å²) in [6.07, 6.45) is 4.27. The summed E-state index contributed by atoms with van der Waals surface area (Å²) in [6.45, 7) is 2.09. The number of aromatic hydroxyl groups is 2. The van der Waals surface area contributed by atoms with Gasteiger partial charge in [0, 0.05) is 5.56 Å². The lowest BCUT2D eigenvalue weighted by Gasteiger charge is -2.12. The number of halogens is 1. The van der Waals surface area contributed by atoms with Gasteiger partial charge >= 0.3 is 5.97 Å². The molecule has 0 atom stereocenters. The minimum absolute atomic E-state index is 0.130. The van der Waals surface area contributed by atoms with E-state index in [4.69, 9.17) is 4.74 Å². The van der Waals surface area contributed by atoms with Gasteiger partial charge in [0.2, 0.25) is 0 Å². The Hall–Kier alpha value is -2.56. The van der Waals surface area contributed by atoms with Crippen molar-refractivity contribution in [3.63, 3.8) is 0 Å². The molecule has 0 spiro atoms. The molecule has 0 saturated heterocycles. The average molecular weight is 332 g/mol. The summed E-state index contributed by atoms with van der Waals surface area (Å²) in [4.78, 5) is 12.4. The standard InChI is InChI=1S/C19H21FO4/c1-2-3-4-5-8-13-14(11-12-16(21)18(13)22)19(23)24-17-10-7-6-9-15(17)20/h6-7,9-12,21-22H,2-5,8H2,1H3. The molecule has 0 saturated carbocycles. The van der Waals surface area contributed by atoms with Gasteiger partial charge in [-0.05, 0) is 37.1 Å². The lowest BCUT2D eigenvalue weighted by molar-refractivity contribution is 0.0726. The molecule has 24 heavy (non-hydrogen) atoms. The minimum atomic E-state index is -0.763. The number of carbonyl (C=O) groups is 1. The van der Waals surface area contributed by atoms with Crippen LogP contribution in [0.25, 0.3) is 0 Å². The maximum absolute atomic E-state index is 13.6. The van der Waals surface area contributed by atoms with Crippen LogP contribution in [-0.4, -0.2) is 16.2 Å². The Balaban J connectivity index is 2.23. The lowest BCUT2D eigenvalue weighted by Crippen LogP contribution is -2.12. The van der Waals surface area contributed by atoms with Gasteiger partial charge < -0.3 is 14.9 Å². The van der Waals surface area contributed by atoms with E-state index < -0.39 is 11.8 Å². The van der Waals surface area contributed by atoms with Crippen LogP contribution in [0, 0.1) is 5.82 Å². The van der Waals surface area contributed by atoms with Gasteiger partial charge in [-0.1, -0.05) is 38.3 Å². The summed E-state index contributed by atoms with van der Waals surface area (Å²) in [5.41, 5.74) is 0.456. The molecule has 0 aromatic heterocycles. The highest BCUT2D eigenvalue weighted by Crippen LogP contribution is 2.33. The van der Waals surface area contributed by atoms with E-state index in [-0.39, 0.29) is 22.8 Å². The van der Waals surface area contributed by atoms with Gasteiger partial charge in [0.25, 0.3) is 0 Å². The van der Waals surface area contributed by atoms with Gasteiger partial charge in [-0.2, -0.15) is 0 Å². The van der Waals surface area contributed by atoms with Crippen LogP contribution in [0.5, 0.6) is 17.2 Å². The molecule has 0 radical (unpaired) electrons. The number of hydrogen-bond donors (Lipinski definition) is 2. The third-order valence-electron chi connectivity index (χ3n) is 3.80. The molecule has 0 aliphatic rings. The molecule has 0 aliphatic heterocycles. The zero-order valence-corrected chi connectivity index (χ0v) is 13.6.